The topological polar surface area (TPSA) is 64.4 Å². The lowest BCUT2D eigenvalue weighted by molar-refractivity contribution is 0.413. The Labute approximate surface area is 246 Å². The number of fused-ring (bicyclic) bond motifs is 1. The van der Waals surface area contributed by atoms with Gasteiger partial charge in [-0.3, -0.25) is 9.55 Å². The number of ether oxygens (including phenoxy) is 2. The molecule has 9 heteroatoms. The normalized spacial score (nSPS) is 16.6. The Bertz CT molecular complexity index is 1780. The molecule has 3 aromatic carbocycles. The van der Waals surface area contributed by atoms with Crippen LogP contribution in [0.4, 0.5) is 5.69 Å². The van der Waals surface area contributed by atoms with Gasteiger partial charge < -0.3 is 19.7 Å². The molecule has 0 bridgehead atoms. The number of nitrogens with zero attached hydrogens (tertiary/aromatic N) is 4. The molecule has 0 aliphatic carbocycles. The van der Waals surface area contributed by atoms with E-state index < -0.39 is 0 Å². The zero-order chi connectivity index (χ0) is 27.8. The molecule has 0 radical (unpaired) electrons. The van der Waals surface area contributed by atoms with Crippen molar-refractivity contribution in [2.24, 2.45) is 0 Å². The molecule has 41 heavy (non-hydrogen) atoms. The molecule has 0 amide bonds. The van der Waals surface area contributed by atoms with E-state index in [0.29, 0.717) is 5.11 Å². The molecule has 4 heterocycles. The Balaban J connectivity index is 1.26. The Kier molecular flexibility index (Phi) is 6.58. The van der Waals surface area contributed by atoms with E-state index in [0.717, 1.165) is 49.7 Å². The van der Waals surface area contributed by atoms with Crippen LogP contribution in [0.2, 0.25) is 0 Å². The molecule has 202 valence electrons. The van der Waals surface area contributed by atoms with Gasteiger partial charge in [-0.15, -0.1) is 0 Å². The van der Waals surface area contributed by atoms with Crippen molar-refractivity contribution in [3.8, 4) is 22.4 Å². The summed E-state index contributed by atoms with van der Waals surface area (Å²) in [5.41, 5.74) is 3.91. The Morgan fingerprint density at radius 2 is 1.56 bits per heavy atom. The average molecular weight is 576 g/mol. The first kappa shape index (κ1) is 25.3. The minimum atomic E-state index is -0.173. The molecular formula is C32H25N5O2S2. The van der Waals surface area contributed by atoms with Gasteiger partial charge in [0.2, 0.25) is 0 Å². The molecule has 6 aromatic rings. The second-order valence-electron chi connectivity index (χ2n) is 9.54. The zero-order valence-electron chi connectivity index (χ0n) is 22.0. The second kappa shape index (κ2) is 10.7. The van der Waals surface area contributed by atoms with E-state index >= 15 is 0 Å². The van der Waals surface area contributed by atoms with E-state index in [-0.39, 0.29) is 12.1 Å². The van der Waals surface area contributed by atoms with E-state index in [1.165, 1.54) is 0 Å². The summed E-state index contributed by atoms with van der Waals surface area (Å²) in [6, 6.07) is 33.5. The van der Waals surface area contributed by atoms with Crippen LogP contribution in [0, 0.1) is 0 Å². The first-order valence-corrected chi connectivity index (χ1v) is 14.4. The molecule has 3 aromatic heterocycles. The van der Waals surface area contributed by atoms with Crippen molar-refractivity contribution in [2.45, 2.75) is 12.1 Å². The fraction of sp³-hybridized carbons (Fsp3) is 0.0938. The van der Waals surface area contributed by atoms with Crippen molar-refractivity contribution in [2.75, 3.05) is 12.0 Å². The third-order valence-corrected chi connectivity index (χ3v) is 8.43. The number of nitrogens with one attached hydrogen (secondary N) is 1. The van der Waals surface area contributed by atoms with Gasteiger partial charge in [0.15, 0.2) is 10.2 Å². The predicted octanol–water partition coefficient (Wildman–Crippen LogP) is 7.46. The molecule has 0 saturated carbocycles. The third-order valence-electron chi connectivity index (χ3n) is 7.08. The van der Waals surface area contributed by atoms with Crippen LogP contribution < -0.4 is 19.7 Å². The van der Waals surface area contributed by atoms with Crippen LogP contribution in [0.1, 0.15) is 23.5 Å². The van der Waals surface area contributed by atoms with Crippen molar-refractivity contribution >= 4 is 44.6 Å². The molecule has 2 unspecified atom stereocenters. The fourth-order valence-corrected chi connectivity index (χ4v) is 6.48. The van der Waals surface area contributed by atoms with E-state index in [4.69, 9.17) is 31.7 Å². The maximum atomic E-state index is 6.07. The summed E-state index contributed by atoms with van der Waals surface area (Å²) in [7, 11) is 1.65. The number of benzene rings is 3. The van der Waals surface area contributed by atoms with Crippen molar-refractivity contribution in [3.63, 3.8) is 0 Å². The third kappa shape index (κ3) is 4.79. The molecular weight excluding hydrogens is 551 g/mol. The lowest BCUT2D eigenvalue weighted by Gasteiger charge is -2.28. The number of para-hydroxylation sites is 1. The van der Waals surface area contributed by atoms with Crippen molar-refractivity contribution in [1.29, 1.82) is 0 Å². The van der Waals surface area contributed by atoms with E-state index in [2.05, 4.69) is 39.2 Å². The van der Waals surface area contributed by atoms with Crippen LogP contribution in [-0.2, 0) is 0 Å². The summed E-state index contributed by atoms with van der Waals surface area (Å²) < 4.78 is 14.6. The molecule has 7 nitrogen and oxygen atoms in total. The molecule has 1 aliphatic heterocycles. The first-order chi connectivity index (χ1) is 20.2. The standard InChI is InChI=1S/C32H25N5O2S2/c1-38-22-15-17-24(18-16-22)39-23-13-11-21(12-14-23)37-30(29(35-31(37)40)26-8-4-5-19-33-26)27-9-6-20-36(27)32-34-25-7-2-3-10-28(25)41-32/h2-20,29-30H,1H3,(H,35,40). The summed E-state index contributed by atoms with van der Waals surface area (Å²) in [6.45, 7) is 0. The molecule has 7 rings (SSSR count). The molecule has 1 saturated heterocycles. The van der Waals surface area contributed by atoms with Crippen LogP contribution in [0.3, 0.4) is 0 Å². The summed E-state index contributed by atoms with van der Waals surface area (Å²) in [5.74, 6) is 2.25. The van der Waals surface area contributed by atoms with E-state index in [1.54, 1.807) is 18.4 Å². The van der Waals surface area contributed by atoms with Gasteiger partial charge in [-0.05, 0) is 97.1 Å². The van der Waals surface area contributed by atoms with E-state index in [9.17, 15) is 0 Å². The van der Waals surface area contributed by atoms with Gasteiger partial charge in [0.05, 0.1) is 34.8 Å². The van der Waals surface area contributed by atoms with Crippen molar-refractivity contribution < 1.29 is 9.47 Å². The average Bonchev–Trinajstić information content (AvgIpc) is 3.75. The number of methoxy groups -OCH3 is 1. The van der Waals surface area contributed by atoms with Crippen LogP contribution in [0.25, 0.3) is 15.3 Å². The van der Waals surface area contributed by atoms with Crippen LogP contribution in [0.5, 0.6) is 17.2 Å². The van der Waals surface area contributed by atoms with Gasteiger partial charge in [0, 0.05) is 18.1 Å². The van der Waals surface area contributed by atoms with Crippen molar-refractivity contribution in [1.82, 2.24) is 19.9 Å². The monoisotopic (exact) mass is 575 g/mol. The predicted molar refractivity (Wildman–Crippen MR) is 166 cm³/mol. The van der Waals surface area contributed by atoms with Gasteiger partial charge in [-0.1, -0.05) is 29.5 Å². The molecule has 1 aliphatic rings. The summed E-state index contributed by atoms with van der Waals surface area (Å²) >= 11 is 7.61. The first-order valence-electron chi connectivity index (χ1n) is 13.1. The number of pyridine rings is 1. The molecule has 1 fully saturated rings. The van der Waals surface area contributed by atoms with Crippen LogP contribution >= 0.6 is 23.6 Å². The number of hydrogen-bond donors (Lipinski definition) is 1. The Morgan fingerprint density at radius 1 is 0.829 bits per heavy atom. The van der Waals surface area contributed by atoms with Gasteiger partial charge in [-0.25, -0.2) is 4.98 Å². The number of aromatic nitrogens is 3. The zero-order valence-corrected chi connectivity index (χ0v) is 23.7. The highest BCUT2D eigenvalue weighted by molar-refractivity contribution is 7.80. The van der Waals surface area contributed by atoms with Gasteiger partial charge in [-0.2, -0.15) is 0 Å². The smallest absolute Gasteiger partial charge is 0.194 e. The Hall–Kier alpha value is -4.73. The van der Waals surface area contributed by atoms with Gasteiger partial charge in [0.1, 0.15) is 23.3 Å². The largest absolute Gasteiger partial charge is 0.497 e. The quantitative estimate of drug-likeness (QED) is 0.198. The molecule has 0 spiro atoms. The number of rotatable bonds is 7. The minimum Gasteiger partial charge on any atom is -0.497 e. The lowest BCUT2D eigenvalue weighted by Crippen LogP contribution is -2.30. The van der Waals surface area contributed by atoms with Gasteiger partial charge >= 0.3 is 0 Å². The highest BCUT2D eigenvalue weighted by Crippen LogP contribution is 2.43. The summed E-state index contributed by atoms with van der Waals surface area (Å²) in [5, 5.41) is 5.09. The number of thiocarbonyl (C=S) groups is 1. The summed E-state index contributed by atoms with van der Waals surface area (Å²) in [6.07, 6.45) is 3.88. The molecule has 1 N–H and O–H groups in total. The van der Waals surface area contributed by atoms with E-state index in [1.807, 2.05) is 91.1 Å². The SMILES string of the molecule is COc1ccc(Oc2ccc(N3C(=S)NC(c4ccccn4)C3c3cccn3-c3nc4ccccc4s3)cc2)cc1. The van der Waals surface area contributed by atoms with Crippen molar-refractivity contribution in [3.05, 3.63) is 127 Å². The van der Waals surface area contributed by atoms with Crippen LogP contribution in [-0.4, -0.2) is 26.8 Å². The van der Waals surface area contributed by atoms with Crippen LogP contribution in [0.15, 0.2) is 116 Å². The highest BCUT2D eigenvalue weighted by Gasteiger charge is 2.42. The number of anilines is 1. The lowest BCUT2D eigenvalue weighted by atomic mass is 10.0. The second-order valence-corrected chi connectivity index (χ2v) is 10.9. The maximum Gasteiger partial charge on any atom is 0.194 e. The number of hydrogen-bond acceptors (Lipinski definition) is 6. The highest BCUT2D eigenvalue weighted by atomic mass is 32.1. The summed E-state index contributed by atoms with van der Waals surface area (Å²) in [4.78, 5) is 11.8. The minimum absolute atomic E-state index is 0.165. The molecule has 2 atom stereocenters. The maximum absolute atomic E-state index is 6.07. The number of thiazole rings is 1. The Morgan fingerprint density at radius 3 is 2.29 bits per heavy atom. The van der Waals surface area contributed by atoms with Gasteiger partial charge in [0.25, 0.3) is 0 Å². The fourth-order valence-electron chi connectivity index (χ4n) is 5.16.